The van der Waals surface area contributed by atoms with Gasteiger partial charge in [0.2, 0.25) is 0 Å². The fourth-order valence-electron chi connectivity index (χ4n) is 1.64. The van der Waals surface area contributed by atoms with Gasteiger partial charge in [-0.3, -0.25) is 0 Å². The summed E-state index contributed by atoms with van der Waals surface area (Å²) in [4.78, 5) is 3.20. The molecule has 1 aromatic carbocycles. The number of H-pyrrole nitrogens is 1. The summed E-state index contributed by atoms with van der Waals surface area (Å²) in [6.07, 6.45) is 3.28. The lowest BCUT2D eigenvalue weighted by atomic mass is 9.42. The summed E-state index contributed by atoms with van der Waals surface area (Å²) >= 11 is 0. The van der Waals surface area contributed by atoms with Gasteiger partial charge in [0.05, 0.1) is 14.9 Å². The van der Waals surface area contributed by atoms with Crippen molar-refractivity contribution >= 4 is 38.6 Å². The molecule has 0 spiro atoms. The fraction of sp³-hybridized carbons (Fsp3) is 0.111. The van der Waals surface area contributed by atoms with Crippen molar-refractivity contribution in [2.24, 2.45) is 0 Å². The van der Waals surface area contributed by atoms with Crippen LogP contribution >= 0.6 is 0 Å². The van der Waals surface area contributed by atoms with Crippen LogP contribution in [0.2, 0.25) is 6.22 Å². The molecule has 0 saturated heterocycles. The number of rotatable bonds is 3. The van der Waals surface area contributed by atoms with E-state index >= 15 is 0 Å². The molecule has 2 rings (SSSR count). The quantitative estimate of drug-likeness (QED) is 0.597. The van der Waals surface area contributed by atoms with E-state index in [2.05, 4.69) is 37.0 Å². The number of hydrogen-bond donors (Lipinski definition) is 1. The maximum absolute atomic E-state index is 3.20. The molecule has 1 heterocycles. The molecule has 62 valence electrons. The maximum atomic E-state index is 3.20. The van der Waals surface area contributed by atoms with Crippen LogP contribution in [0.4, 0.5) is 0 Å². The summed E-state index contributed by atoms with van der Waals surface area (Å²) in [6, 6.07) is 8.79. The molecule has 0 unspecified atom stereocenters. The summed E-state index contributed by atoms with van der Waals surface area (Å²) in [6.45, 7) is 0. The minimum absolute atomic E-state index is 1.21. The van der Waals surface area contributed by atoms with E-state index in [0.717, 1.165) is 0 Å². The Morgan fingerprint density at radius 3 is 3.08 bits per heavy atom. The van der Waals surface area contributed by atoms with Gasteiger partial charge in [0.1, 0.15) is 7.28 Å². The third-order valence-electron chi connectivity index (χ3n) is 2.44. The van der Waals surface area contributed by atoms with Crippen molar-refractivity contribution in [2.45, 2.75) is 6.22 Å². The van der Waals surface area contributed by atoms with Crippen LogP contribution in [-0.2, 0) is 0 Å². The number of benzene rings is 1. The molecule has 0 aliphatic carbocycles. The molecular weight excluding hydrogens is 155 g/mol. The van der Waals surface area contributed by atoms with Crippen LogP contribution in [0.25, 0.3) is 10.9 Å². The van der Waals surface area contributed by atoms with Gasteiger partial charge in [0.15, 0.2) is 0 Å². The zero-order chi connectivity index (χ0) is 9.10. The predicted molar refractivity (Wildman–Crippen MR) is 65.6 cm³/mol. The largest absolute Gasteiger partial charge is 0.361 e. The van der Waals surface area contributed by atoms with Gasteiger partial charge in [-0.05, 0) is 17.5 Å². The van der Waals surface area contributed by atoms with Crippen molar-refractivity contribution in [1.29, 1.82) is 0 Å². The number of aromatic nitrogens is 1. The third kappa shape index (κ3) is 1.82. The van der Waals surface area contributed by atoms with Crippen molar-refractivity contribution in [3.63, 3.8) is 0 Å². The van der Waals surface area contributed by atoms with E-state index in [0.29, 0.717) is 0 Å². The van der Waals surface area contributed by atoms with E-state index in [-0.39, 0.29) is 0 Å². The zero-order valence-corrected chi connectivity index (χ0v) is 8.01. The highest BCUT2D eigenvalue weighted by Gasteiger charge is 1.97. The molecule has 0 saturated carbocycles. The van der Waals surface area contributed by atoms with E-state index in [1.54, 1.807) is 0 Å². The van der Waals surface area contributed by atoms with Gasteiger partial charge < -0.3 is 4.98 Å². The van der Waals surface area contributed by atoms with Crippen LogP contribution in [0.1, 0.15) is 0 Å². The van der Waals surface area contributed by atoms with Crippen LogP contribution in [-0.4, -0.2) is 27.2 Å². The molecule has 0 radical (unpaired) electrons. The van der Waals surface area contributed by atoms with Gasteiger partial charge in [-0.15, -0.1) is 6.22 Å². The highest BCUT2D eigenvalue weighted by atomic mass is 14.7. The summed E-state index contributed by atoms with van der Waals surface area (Å²) in [5.74, 6) is 0. The van der Waals surface area contributed by atoms with Gasteiger partial charge >= 0.3 is 0 Å². The predicted octanol–water partition coefficient (Wildman–Crippen LogP) is -0.410. The van der Waals surface area contributed by atoms with Crippen LogP contribution < -0.4 is 5.46 Å². The van der Waals surface area contributed by atoms with E-state index in [1.807, 2.05) is 6.20 Å². The molecule has 2 aromatic rings. The van der Waals surface area contributed by atoms with Crippen molar-refractivity contribution in [3.8, 4) is 0 Å². The fourth-order valence-corrected chi connectivity index (χ4v) is 1.64. The second-order valence-electron chi connectivity index (χ2n) is 3.50. The summed E-state index contributed by atoms with van der Waals surface area (Å²) < 4.78 is 0. The molecule has 1 N–H and O–H groups in total. The highest BCUT2D eigenvalue weighted by Crippen LogP contribution is 2.08. The second kappa shape index (κ2) is 3.78. The molecule has 1 aromatic heterocycles. The maximum Gasteiger partial charge on any atom is 0.149 e. The van der Waals surface area contributed by atoms with E-state index in [1.165, 1.54) is 37.0 Å². The van der Waals surface area contributed by atoms with Crippen LogP contribution in [0.5, 0.6) is 0 Å². The van der Waals surface area contributed by atoms with Crippen LogP contribution in [0, 0.1) is 0 Å². The Bertz CT molecular complexity index is 396. The van der Waals surface area contributed by atoms with Gasteiger partial charge in [0.25, 0.3) is 0 Å². The second-order valence-corrected chi connectivity index (χ2v) is 3.50. The Balaban J connectivity index is 2.26. The first kappa shape index (κ1) is 8.55. The SMILES string of the molecule is BBCBc1ccc2[nH]ccc2c1. The Labute approximate surface area is 80.8 Å². The van der Waals surface area contributed by atoms with Crippen molar-refractivity contribution in [2.75, 3.05) is 0 Å². The van der Waals surface area contributed by atoms with Crippen LogP contribution in [0.3, 0.4) is 0 Å². The zero-order valence-electron chi connectivity index (χ0n) is 8.01. The Hall–Kier alpha value is -1.05. The molecule has 1 nitrogen and oxygen atoms in total. The summed E-state index contributed by atoms with van der Waals surface area (Å²) in [7, 11) is 4.71. The van der Waals surface area contributed by atoms with Crippen LogP contribution in [0.15, 0.2) is 30.5 Å². The molecule has 4 heteroatoms. The minimum Gasteiger partial charge on any atom is -0.361 e. The Morgan fingerprint density at radius 2 is 2.23 bits per heavy atom. The molecule has 0 aliphatic rings. The van der Waals surface area contributed by atoms with Gasteiger partial charge in [-0.2, -0.15) is 0 Å². The van der Waals surface area contributed by atoms with E-state index in [9.17, 15) is 0 Å². The first-order chi connectivity index (χ1) is 6.40. The van der Waals surface area contributed by atoms with Gasteiger partial charge in [-0.25, -0.2) is 0 Å². The van der Waals surface area contributed by atoms with Gasteiger partial charge in [-0.1, -0.05) is 17.6 Å². The molecule has 0 fully saturated rings. The van der Waals surface area contributed by atoms with E-state index in [4.69, 9.17) is 0 Å². The smallest absolute Gasteiger partial charge is 0.149 e. The number of hydrogen-bond acceptors (Lipinski definition) is 0. The lowest BCUT2D eigenvalue weighted by Gasteiger charge is -1.97. The molecule has 0 aliphatic heterocycles. The Morgan fingerprint density at radius 1 is 1.31 bits per heavy atom. The standard InChI is InChI=1S/C9H12B3N/c10-12-6-11-8-1-2-9-7(5-8)3-4-13-9/h1-5,11-13H,6,10H2. The van der Waals surface area contributed by atoms with Crippen molar-refractivity contribution < 1.29 is 0 Å². The summed E-state index contributed by atoms with van der Waals surface area (Å²) in [5.41, 5.74) is 2.69. The average molecular weight is 167 g/mol. The molecular formula is C9H12B3N. The molecule has 13 heavy (non-hydrogen) atoms. The number of nitrogens with one attached hydrogen (secondary N) is 1. The molecule has 0 atom stereocenters. The topological polar surface area (TPSA) is 15.8 Å². The molecule has 0 bridgehead atoms. The number of fused-ring (bicyclic) bond motifs is 1. The first-order valence-electron chi connectivity index (χ1n) is 4.96. The first-order valence-corrected chi connectivity index (χ1v) is 4.96. The minimum atomic E-state index is 1.21. The third-order valence-corrected chi connectivity index (χ3v) is 2.44. The number of aromatic amines is 1. The monoisotopic (exact) mass is 167 g/mol. The summed E-state index contributed by atoms with van der Waals surface area (Å²) in [5, 5.41) is 1.33. The van der Waals surface area contributed by atoms with Crippen molar-refractivity contribution in [1.82, 2.24) is 4.98 Å². The van der Waals surface area contributed by atoms with Crippen molar-refractivity contribution in [3.05, 3.63) is 30.5 Å². The van der Waals surface area contributed by atoms with Gasteiger partial charge in [0, 0.05) is 11.7 Å². The normalized spacial score (nSPS) is 10.2. The lowest BCUT2D eigenvalue weighted by molar-refractivity contribution is 1.48. The Kier molecular flexibility index (Phi) is 2.48. The molecule has 0 amide bonds. The lowest BCUT2D eigenvalue weighted by Crippen LogP contribution is -2.15. The highest BCUT2D eigenvalue weighted by molar-refractivity contribution is 6.94. The van der Waals surface area contributed by atoms with E-state index < -0.39 is 0 Å². The average Bonchev–Trinajstić information content (AvgIpc) is 2.61.